The highest BCUT2D eigenvalue weighted by atomic mass is 19.1. The maximum Gasteiger partial charge on any atom is 0.128 e. The zero-order valence-corrected chi connectivity index (χ0v) is 9.89. The van der Waals surface area contributed by atoms with Crippen molar-refractivity contribution in [3.63, 3.8) is 0 Å². The van der Waals surface area contributed by atoms with Crippen molar-refractivity contribution in [2.75, 3.05) is 0 Å². The van der Waals surface area contributed by atoms with Gasteiger partial charge in [-0.25, -0.2) is 4.39 Å². The molecule has 0 aliphatic heterocycles. The van der Waals surface area contributed by atoms with Crippen LogP contribution in [0.4, 0.5) is 4.39 Å². The van der Waals surface area contributed by atoms with E-state index < -0.39 is 6.04 Å². The molecule has 0 saturated heterocycles. The summed E-state index contributed by atoms with van der Waals surface area (Å²) in [6.45, 7) is 1.91. The zero-order valence-electron chi connectivity index (χ0n) is 9.89. The highest BCUT2D eigenvalue weighted by molar-refractivity contribution is 5.27. The molecule has 0 aliphatic carbocycles. The Balaban J connectivity index is 2.19. The van der Waals surface area contributed by atoms with E-state index in [1.807, 2.05) is 6.92 Å². The Morgan fingerprint density at radius 3 is 2.88 bits per heavy atom. The van der Waals surface area contributed by atoms with Crippen LogP contribution >= 0.6 is 0 Å². The predicted octanol–water partition coefficient (Wildman–Crippen LogP) is 1.51. The minimum atomic E-state index is -0.397. The molecule has 0 radical (unpaired) electrons. The van der Waals surface area contributed by atoms with Gasteiger partial charge in [0.15, 0.2) is 0 Å². The molecule has 17 heavy (non-hydrogen) atoms. The van der Waals surface area contributed by atoms with Gasteiger partial charge in [0.25, 0.3) is 0 Å². The number of benzene rings is 1. The molecule has 1 aromatic heterocycles. The quantitative estimate of drug-likeness (QED) is 0.875. The second kappa shape index (κ2) is 4.63. The van der Waals surface area contributed by atoms with Crippen LogP contribution in [0.2, 0.25) is 0 Å². The van der Waals surface area contributed by atoms with E-state index in [1.165, 1.54) is 6.07 Å². The largest absolute Gasteiger partial charge is 0.324 e. The first-order chi connectivity index (χ1) is 8.06. The van der Waals surface area contributed by atoms with Crippen molar-refractivity contribution < 1.29 is 4.39 Å². The number of hydrogen-bond donors (Lipinski definition) is 1. The van der Waals surface area contributed by atoms with Gasteiger partial charge < -0.3 is 5.73 Å². The van der Waals surface area contributed by atoms with Crippen LogP contribution in [0.15, 0.2) is 24.4 Å². The Morgan fingerprint density at radius 1 is 1.47 bits per heavy atom. The Morgan fingerprint density at radius 2 is 2.24 bits per heavy atom. The molecule has 2 N–H and O–H groups in total. The first-order valence-electron chi connectivity index (χ1n) is 5.43. The first-order valence-corrected chi connectivity index (χ1v) is 5.43. The molecule has 0 aliphatic rings. The van der Waals surface area contributed by atoms with Gasteiger partial charge >= 0.3 is 0 Å². The van der Waals surface area contributed by atoms with E-state index in [0.717, 1.165) is 11.3 Å². The van der Waals surface area contributed by atoms with Gasteiger partial charge in [-0.1, -0.05) is 22.9 Å². The number of nitrogens with two attached hydrogens (primary N) is 1. The molecule has 1 heterocycles. The smallest absolute Gasteiger partial charge is 0.128 e. The maximum atomic E-state index is 13.6. The third-order valence-electron chi connectivity index (χ3n) is 2.63. The molecular formula is C12H15FN4. The fraction of sp³-hybridized carbons (Fsp3) is 0.333. The molecule has 1 unspecified atom stereocenters. The van der Waals surface area contributed by atoms with E-state index in [0.29, 0.717) is 12.0 Å². The normalized spacial score (nSPS) is 12.7. The molecule has 0 amide bonds. The van der Waals surface area contributed by atoms with Gasteiger partial charge in [-0.3, -0.25) is 4.68 Å². The average molecular weight is 234 g/mol. The zero-order chi connectivity index (χ0) is 12.4. The molecule has 4 nitrogen and oxygen atoms in total. The third kappa shape index (κ3) is 2.68. The standard InChI is InChI=1S/C12H15FN4/c1-8-3-4-11(13)10(5-8)12(14)6-9-7-17(2)16-15-9/h3-5,7,12H,6,14H2,1-2H3. The number of rotatable bonds is 3. The second-order valence-corrected chi connectivity index (χ2v) is 4.22. The van der Waals surface area contributed by atoms with Crippen LogP contribution < -0.4 is 5.73 Å². The fourth-order valence-electron chi connectivity index (χ4n) is 1.77. The molecule has 0 spiro atoms. The van der Waals surface area contributed by atoms with Crippen molar-refractivity contribution in [1.82, 2.24) is 15.0 Å². The SMILES string of the molecule is Cc1ccc(F)c(C(N)Cc2cn(C)nn2)c1. The van der Waals surface area contributed by atoms with Crippen LogP contribution in [0.5, 0.6) is 0 Å². The van der Waals surface area contributed by atoms with Gasteiger partial charge in [-0.05, 0) is 13.0 Å². The molecule has 90 valence electrons. The van der Waals surface area contributed by atoms with Gasteiger partial charge in [0, 0.05) is 31.3 Å². The lowest BCUT2D eigenvalue weighted by Crippen LogP contribution is -2.15. The molecular weight excluding hydrogens is 219 g/mol. The van der Waals surface area contributed by atoms with Gasteiger partial charge in [-0.15, -0.1) is 5.10 Å². The van der Waals surface area contributed by atoms with Gasteiger partial charge in [-0.2, -0.15) is 0 Å². The second-order valence-electron chi connectivity index (χ2n) is 4.22. The van der Waals surface area contributed by atoms with Crippen molar-refractivity contribution >= 4 is 0 Å². The summed E-state index contributed by atoms with van der Waals surface area (Å²) < 4.78 is 15.2. The predicted molar refractivity (Wildman–Crippen MR) is 62.8 cm³/mol. The molecule has 0 bridgehead atoms. The van der Waals surface area contributed by atoms with Crippen molar-refractivity contribution in [3.05, 3.63) is 47.0 Å². The summed E-state index contributed by atoms with van der Waals surface area (Å²) in [4.78, 5) is 0. The van der Waals surface area contributed by atoms with Gasteiger partial charge in [0.1, 0.15) is 5.82 Å². The number of nitrogens with zero attached hydrogens (tertiary/aromatic N) is 3. The van der Waals surface area contributed by atoms with E-state index >= 15 is 0 Å². The van der Waals surface area contributed by atoms with Gasteiger partial charge in [0.2, 0.25) is 0 Å². The first kappa shape index (κ1) is 11.7. The number of hydrogen-bond acceptors (Lipinski definition) is 3. The van der Waals surface area contributed by atoms with Crippen LogP contribution in [0.25, 0.3) is 0 Å². The highest BCUT2D eigenvalue weighted by Crippen LogP contribution is 2.19. The van der Waals surface area contributed by atoms with Crippen molar-refractivity contribution in [3.8, 4) is 0 Å². The molecule has 1 aromatic carbocycles. The van der Waals surface area contributed by atoms with E-state index in [9.17, 15) is 4.39 Å². The number of halogens is 1. The Labute approximate surface area is 99.2 Å². The topological polar surface area (TPSA) is 56.7 Å². The molecule has 5 heteroatoms. The summed E-state index contributed by atoms with van der Waals surface area (Å²) in [6.07, 6.45) is 2.27. The molecule has 1 atom stereocenters. The summed E-state index contributed by atoms with van der Waals surface area (Å²) in [7, 11) is 1.79. The van der Waals surface area contributed by atoms with E-state index in [-0.39, 0.29) is 5.82 Å². The third-order valence-corrected chi connectivity index (χ3v) is 2.63. The lowest BCUT2D eigenvalue weighted by molar-refractivity contribution is 0.577. The fourth-order valence-corrected chi connectivity index (χ4v) is 1.77. The van der Waals surface area contributed by atoms with Crippen LogP contribution in [0.1, 0.15) is 22.9 Å². The maximum absolute atomic E-state index is 13.6. The molecule has 2 rings (SSSR count). The summed E-state index contributed by atoms with van der Waals surface area (Å²) >= 11 is 0. The molecule has 0 saturated carbocycles. The monoisotopic (exact) mass is 234 g/mol. The Kier molecular flexibility index (Phi) is 3.19. The van der Waals surface area contributed by atoms with Crippen LogP contribution in [-0.2, 0) is 13.5 Å². The summed E-state index contributed by atoms with van der Waals surface area (Å²) in [5, 5.41) is 7.76. The lowest BCUT2D eigenvalue weighted by atomic mass is 10.0. The Hall–Kier alpha value is -1.75. The minimum absolute atomic E-state index is 0.271. The summed E-state index contributed by atoms with van der Waals surface area (Å²) in [5.74, 6) is -0.271. The van der Waals surface area contributed by atoms with Crippen molar-refractivity contribution in [2.45, 2.75) is 19.4 Å². The van der Waals surface area contributed by atoms with Crippen LogP contribution in [0.3, 0.4) is 0 Å². The van der Waals surface area contributed by atoms with E-state index in [1.54, 1.807) is 30.1 Å². The van der Waals surface area contributed by atoms with E-state index in [4.69, 9.17) is 5.73 Å². The number of aromatic nitrogens is 3. The van der Waals surface area contributed by atoms with E-state index in [2.05, 4.69) is 10.3 Å². The van der Waals surface area contributed by atoms with Gasteiger partial charge in [0.05, 0.1) is 5.69 Å². The average Bonchev–Trinajstić information content (AvgIpc) is 2.67. The number of aryl methyl sites for hydroxylation is 2. The highest BCUT2D eigenvalue weighted by Gasteiger charge is 2.13. The molecule has 0 fully saturated rings. The van der Waals surface area contributed by atoms with Crippen molar-refractivity contribution in [2.24, 2.45) is 12.8 Å². The van der Waals surface area contributed by atoms with Crippen LogP contribution in [0, 0.1) is 12.7 Å². The van der Waals surface area contributed by atoms with Crippen LogP contribution in [-0.4, -0.2) is 15.0 Å². The summed E-state index contributed by atoms with van der Waals surface area (Å²) in [5.41, 5.74) is 8.27. The minimum Gasteiger partial charge on any atom is -0.324 e. The van der Waals surface area contributed by atoms with Crippen molar-refractivity contribution in [1.29, 1.82) is 0 Å². The lowest BCUT2D eigenvalue weighted by Gasteiger charge is -2.12. The summed E-state index contributed by atoms with van der Waals surface area (Å²) in [6, 6.07) is 4.55. The molecule has 2 aromatic rings. The Bertz CT molecular complexity index is 521.